The zero-order valence-corrected chi connectivity index (χ0v) is 18.8. The molecule has 0 aliphatic carbocycles. The summed E-state index contributed by atoms with van der Waals surface area (Å²) in [6, 6.07) is 14.5. The van der Waals surface area contributed by atoms with Crippen LogP contribution in [0.3, 0.4) is 0 Å². The molecule has 2 heterocycles. The lowest BCUT2D eigenvalue weighted by atomic mass is 9.86. The van der Waals surface area contributed by atoms with Crippen molar-refractivity contribution in [1.29, 1.82) is 0 Å². The van der Waals surface area contributed by atoms with Crippen molar-refractivity contribution in [2.45, 2.75) is 65.8 Å². The van der Waals surface area contributed by atoms with Crippen LogP contribution < -0.4 is 5.73 Å². The molecular formula is C26H33N3O. The number of benzene rings is 1. The number of unbranched alkanes of at least 4 members (excludes halogenated alkanes) is 1. The Morgan fingerprint density at radius 3 is 2.33 bits per heavy atom. The Morgan fingerprint density at radius 1 is 1.10 bits per heavy atom. The van der Waals surface area contributed by atoms with Gasteiger partial charge in [-0.1, -0.05) is 64.4 Å². The second-order valence-electron chi connectivity index (χ2n) is 8.98. The van der Waals surface area contributed by atoms with E-state index in [1.165, 1.54) is 5.56 Å². The van der Waals surface area contributed by atoms with Gasteiger partial charge in [-0.25, -0.2) is 0 Å². The highest BCUT2D eigenvalue weighted by Gasteiger charge is 2.25. The van der Waals surface area contributed by atoms with Crippen molar-refractivity contribution in [1.82, 2.24) is 9.55 Å². The first-order valence-electron chi connectivity index (χ1n) is 10.8. The van der Waals surface area contributed by atoms with E-state index < -0.39 is 0 Å². The van der Waals surface area contributed by atoms with E-state index in [1.807, 2.05) is 25.1 Å². The van der Waals surface area contributed by atoms with Crippen LogP contribution in [-0.4, -0.2) is 15.5 Å². The molecule has 158 valence electrons. The third-order valence-electron chi connectivity index (χ3n) is 5.73. The van der Waals surface area contributed by atoms with Crippen LogP contribution in [0.2, 0.25) is 0 Å². The van der Waals surface area contributed by atoms with Gasteiger partial charge < -0.3 is 10.3 Å². The zero-order valence-electron chi connectivity index (χ0n) is 18.8. The molecule has 3 aromatic rings. The van der Waals surface area contributed by atoms with Crippen molar-refractivity contribution < 1.29 is 4.79 Å². The van der Waals surface area contributed by atoms with Gasteiger partial charge in [0.15, 0.2) is 0 Å². The number of aromatic nitrogens is 2. The van der Waals surface area contributed by atoms with E-state index in [2.05, 4.69) is 61.5 Å². The molecule has 2 N–H and O–H groups in total. The SMILES string of the molecule is CCCCc1c(-c2ccc(C(C)(C)C)cc2)c(C(N)=O)c(C)n1Cc1ccccn1. The van der Waals surface area contributed by atoms with Crippen LogP contribution in [0.1, 0.15) is 73.5 Å². The summed E-state index contributed by atoms with van der Waals surface area (Å²) in [4.78, 5) is 17.0. The smallest absolute Gasteiger partial charge is 0.251 e. The van der Waals surface area contributed by atoms with E-state index in [-0.39, 0.29) is 11.3 Å². The molecule has 0 fully saturated rings. The average Bonchev–Trinajstić information content (AvgIpc) is 2.98. The number of hydrogen-bond donors (Lipinski definition) is 1. The van der Waals surface area contributed by atoms with Crippen LogP contribution in [-0.2, 0) is 18.4 Å². The van der Waals surface area contributed by atoms with Crippen LogP contribution in [0.25, 0.3) is 11.1 Å². The van der Waals surface area contributed by atoms with E-state index in [0.29, 0.717) is 12.1 Å². The Labute approximate surface area is 180 Å². The molecule has 0 saturated heterocycles. The topological polar surface area (TPSA) is 60.9 Å². The summed E-state index contributed by atoms with van der Waals surface area (Å²) >= 11 is 0. The minimum atomic E-state index is -0.375. The summed E-state index contributed by atoms with van der Waals surface area (Å²) < 4.78 is 2.23. The molecule has 1 amide bonds. The minimum Gasteiger partial charge on any atom is -0.366 e. The van der Waals surface area contributed by atoms with Crippen LogP contribution >= 0.6 is 0 Å². The molecule has 1 aromatic carbocycles. The van der Waals surface area contributed by atoms with E-state index in [1.54, 1.807) is 6.20 Å². The quantitative estimate of drug-likeness (QED) is 0.554. The zero-order chi connectivity index (χ0) is 21.9. The molecule has 0 bridgehead atoms. The van der Waals surface area contributed by atoms with Gasteiger partial charge in [-0.2, -0.15) is 0 Å². The van der Waals surface area contributed by atoms with Crippen molar-refractivity contribution in [3.8, 4) is 11.1 Å². The Kier molecular flexibility index (Phi) is 6.45. The normalized spacial score (nSPS) is 11.6. The minimum absolute atomic E-state index is 0.0803. The fraction of sp³-hybridized carbons (Fsp3) is 0.385. The predicted octanol–water partition coefficient (Wildman–Crippen LogP) is 5.65. The number of pyridine rings is 1. The monoisotopic (exact) mass is 403 g/mol. The van der Waals surface area contributed by atoms with E-state index in [0.717, 1.165) is 47.5 Å². The van der Waals surface area contributed by atoms with E-state index in [4.69, 9.17) is 5.73 Å². The molecule has 0 atom stereocenters. The summed E-state index contributed by atoms with van der Waals surface area (Å²) in [7, 11) is 0. The van der Waals surface area contributed by atoms with Crippen LogP contribution in [0.5, 0.6) is 0 Å². The van der Waals surface area contributed by atoms with Crippen molar-refractivity contribution in [3.05, 3.63) is 76.9 Å². The number of primary amides is 1. The fourth-order valence-electron chi connectivity index (χ4n) is 4.02. The molecule has 0 radical (unpaired) electrons. The highest BCUT2D eigenvalue weighted by Crippen LogP contribution is 2.35. The standard InChI is InChI=1S/C26H33N3O/c1-6-7-11-22-24(19-12-14-20(15-13-19)26(3,4)5)23(25(27)30)18(2)29(22)17-21-10-8-9-16-28-21/h8-10,12-16H,6-7,11,17H2,1-5H3,(H2,27,30). The third-order valence-corrected chi connectivity index (χ3v) is 5.73. The molecule has 0 saturated carbocycles. The maximum atomic E-state index is 12.5. The van der Waals surface area contributed by atoms with Crippen molar-refractivity contribution in [3.63, 3.8) is 0 Å². The largest absolute Gasteiger partial charge is 0.366 e. The molecule has 0 aliphatic heterocycles. The number of amides is 1. The van der Waals surface area contributed by atoms with Gasteiger partial charge in [0, 0.05) is 23.1 Å². The van der Waals surface area contributed by atoms with Gasteiger partial charge in [0.1, 0.15) is 0 Å². The van der Waals surface area contributed by atoms with Crippen molar-refractivity contribution >= 4 is 5.91 Å². The Balaban J connectivity index is 2.19. The van der Waals surface area contributed by atoms with Gasteiger partial charge in [-0.05, 0) is 48.4 Å². The van der Waals surface area contributed by atoms with Gasteiger partial charge in [-0.3, -0.25) is 9.78 Å². The first kappa shape index (κ1) is 21.8. The molecular weight excluding hydrogens is 370 g/mol. The number of carbonyl (C=O) groups excluding carboxylic acids is 1. The summed E-state index contributed by atoms with van der Waals surface area (Å²) in [6.45, 7) is 11.4. The first-order chi connectivity index (χ1) is 14.2. The van der Waals surface area contributed by atoms with Crippen molar-refractivity contribution in [2.75, 3.05) is 0 Å². The fourth-order valence-corrected chi connectivity index (χ4v) is 4.02. The van der Waals surface area contributed by atoms with Crippen LogP contribution in [0, 0.1) is 6.92 Å². The molecule has 30 heavy (non-hydrogen) atoms. The van der Waals surface area contributed by atoms with Crippen molar-refractivity contribution in [2.24, 2.45) is 5.73 Å². The van der Waals surface area contributed by atoms with Gasteiger partial charge in [-0.15, -0.1) is 0 Å². The molecule has 4 nitrogen and oxygen atoms in total. The lowest BCUT2D eigenvalue weighted by Gasteiger charge is -2.19. The maximum Gasteiger partial charge on any atom is 0.251 e. The number of nitrogens with two attached hydrogens (primary N) is 1. The van der Waals surface area contributed by atoms with Crippen LogP contribution in [0.4, 0.5) is 0 Å². The van der Waals surface area contributed by atoms with Crippen LogP contribution in [0.15, 0.2) is 48.7 Å². The first-order valence-corrected chi connectivity index (χ1v) is 10.8. The summed E-state index contributed by atoms with van der Waals surface area (Å²) in [5.74, 6) is -0.375. The van der Waals surface area contributed by atoms with Gasteiger partial charge >= 0.3 is 0 Å². The molecule has 0 aliphatic rings. The Bertz CT molecular complexity index is 1010. The van der Waals surface area contributed by atoms with Gasteiger partial charge in [0.2, 0.25) is 0 Å². The maximum absolute atomic E-state index is 12.5. The van der Waals surface area contributed by atoms with Gasteiger partial charge in [0.05, 0.1) is 17.8 Å². The van der Waals surface area contributed by atoms with E-state index >= 15 is 0 Å². The second kappa shape index (κ2) is 8.86. The average molecular weight is 404 g/mol. The molecule has 3 rings (SSSR count). The number of nitrogens with zero attached hydrogens (tertiary/aromatic N) is 2. The second-order valence-corrected chi connectivity index (χ2v) is 8.98. The van der Waals surface area contributed by atoms with Gasteiger partial charge in [0.25, 0.3) is 5.91 Å². The number of carbonyl (C=O) groups is 1. The summed E-state index contributed by atoms with van der Waals surface area (Å²) in [5, 5.41) is 0. The Hall–Kier alpha value is -2.88. The molecule has 4 heteroatoms. The predicted molar refractivity (Wildman–Crippen MR) is 124 cm³/mol. The highest BCUT2D eigenvalue weighted by atomic mass is 16.1. The number of hydrogen-bond acceptors (Lipinski definition) is 2. The summed E-state index contributed by atoms with van der Waals surface area (Å²) in [6.07, 6.45) is 4.84. The highest BCUT2D eigenvalue weighted by molar-refractivity contribution is 6.02. The summed E-state index contributed by atoms with van der Waals surface area (Å²) in [5.41, 5.74) is 12.9. The lowest BCUT2D eigenvalue weighted by Crippen LogP contribution is -2.14. The Morgan fingerprint density at radius 2 is 1.80 bits per heavy atom. The van der Waals surface area contributed by atoms with E-state index in [9.17, 15) is 4.79 Å². The molecule has 0 unspecified atom stereocenters. The number of rotatable bonds is 7. The third kappa shape index (κ3) is 4.48. The molecule has 0 spiro atoms. The molecule has 2 aromatic heterocycles. The lowest BCUT2D eigenvalue weighted by molar-refractivity contribution is 0.1000.